The fraction of sp³-hybridized carbons (Fsp3) is 0.500. The maximum Gasteiger partial charge on any atom is 0.157 e. The van der Waals surface area contributed by atoms with Crippen LogP contribution >= 0.6 is 0 Å². The van der Waals surface area contributed by atoms with Crippen molar-refractivity contribution in [1.82, 2.24) is 0 Å². The Bertz CT molecular complexity index is 314. The van der Waals surface area contributed by atoms with Crippen LogP contribution in [0.15, 0.2) is 30.3 Å². The monoisotopic (exact) mass is 224 g/mol. The van der Waals surface area contributed by atoms with Crippen LogP contribution in [-0.4, -0.2) is 35.3 Å². The highest BCUT2D eigenvalue weighted by Gasteiger charge is 2.32. The molecule has 1 aromatic carbocycles. The summed E-state index contributed by atoms with van der Waals surface area (Å²) >= 11 is 0. The Morgan fingerprint density at radius 1 is 1.25 bits per heavy atom. The lowest BCUT2D eigenvalue weighted by Gasteiger charge is -2.13. The van der Waals surface area contributed by atoms with Gasteiger partial charge in [-0.05, 0) is 5.56 Å². The molecule has 0 unspecified atom stereocenters. The minimum absolute atomic E-state index is 0.263. The van der Waals surface area contributed by atoms with E-state index in [0.29, 0.717) is 13.2 Å². The first-order chi connectivity index (χ1) is 7.75. The van der Waals surface area contributed by atoms with Crippen LogP contribution in [0.2, 0.25) is 0 Å². The molecule has 88 valence electrons. The van der Waals surface area contributed by atoms with Crippen molar-refractivity contribution in [2.45, 2.75) is 31.5 Å². The van der Waals surface area contributed by atoms with E-state index in [-0.39, 0.29) is 6.42 Å². The van der Waals surface area contributed by atoms with E-state index < -0.39 is 18.5 Å². The third kappa shape index (κ3) is 3.02. The van der Waals surface area contributed by atoms with Gasteiger partial charge in [0, 0.05) is 6.42 Å². The predicted molar refractivity (Wildman–Crippen MR) is 57.6 cm³/mol. The standard InChI is InChI=1S/C12H16O4/c13-10-6-12(14)16-11(10)8-15-7-9-4-2-1-3-5-9/h1-5,10-14H,6-8H2/t10-,11+,12-/m0/s1. The van der Waals surface area contributed by atoms with E-state index in [0.717, 1.165) is 5.56 Å². The molecule has 1 heterocycles. The second kappa shape index (κ2) is 5.41. The van der Waals surface area contributed by atoms with Gasteiger partial charge < -0.3 is 19.7 Å². The number of hydrogen-bond acceptors (Lipinski definition) is 4. The first-order valence-corrected chi connectivity index (χ1v) is 5.39. The molecule has 3 atom stereocenters. The van der Waals surface area contributed by atoms with Gasteiger partial charge in [-0.3, -0.25) is 0 Å². The van der Waals surface area contributed by atoms with Crippen LogP contribution in [0.1, 0.15) is 12.0 Å². The lowest BCUT2D eigenvalue weighted by Crippen LogP contribution is -2.26. The minimum atomic E-state index is -0.861. The summed E-state index contributed by atoms with van der Waals surface area (Å²) in [6.45, 7) is 0.788. The van der Waals surface area contributed by atoms with E-state index in [1.54, 1.807) is 0 Å². The molecule has 0 radical (unpaired) electrons. The lowest BCUT2D eigenvalue weighted by atomic mass is 10.2. The smallest absolute Gasteiger partial charge is 0.157 e. The maximum absolute atomic E-state index is 9.49. The van der Waals surface area contributed by atoms with Gasteiger partial charge in [0.05, 0.1) is 19.3 Å². The Labute approximate surface area is 94.4 Å². The SMILES string of the molecule is O[C@@H]1C[C@H](O)[C@@H](COCc2ccccc2)O1. The molecule has 0 aromatic heterocycles. The Balaban J connectivity index is 1.72. The number of ether oxygens (including phenoxy) is 2. The second-order valence-electron chi connectivity index (χ2n) is 3.93. The number of aliphatic hydroxyl groups excluding tert-OH is 2. The van der Waals surface area contributed by atoms with E-state index in [1.807, 2.05) is 30.3 Å². The van der Waals surface area contributed by atoms with Crippen LogP contribution in [-0.2, 0) is 16.1 Å². The van der Waals surface area contributed by atoms with Crippen molar-refractivity contribution < 1.29 is 19.7 Å². The van der Waals surface area contributed by atoms with Gasteiger partial charge in [-0.1, -0.05) is 30.3 Å². The maximum atomic E-state index is 9.49. The molecule has 16 heavy (non-hydrogen) atoms. The van der Waals surface area contributed by atoms with Crippen molar-refractivity contribution >= 4 is 0 Å². The van der Waals surface area contributed by atoms with Gasteiger partial charge in [-0.2, -0.15) is 0 Å². The fourth-order valence-corrected chi connectivity index (χ4v) is 1.72. The third-order valence-electron chi connectivity index (χ3n) is 2.60. The molecule has 0 saturated carbocycles. The van der Waals surface area contributed by atoms with Crippen LogP contribution in [0.5, 0.6) is 0 Å². The zero-order valence-corrected chi connectivity index (χ0v) is 8.95. The van der Waals surface area contributed by atoms with Gasteiger partial charge in [-0.25, -0.2) is 0 Å². The molecule has 0 amide bonds. The summed E-state index contributed by atoms with van der Waals surface area (Å²) in [5, 5.41) is 18.6. The molecule has 1 aromatic rings. The van der Waals surface area contributed by atoms with Crippen LogP contribution in [0, 0.1) is 0 Å². The minimum Gasteiger partial charge on any atom is -0.390 e. The molecule has 0 spiro atoms. The van der Waals surface area contributed by atoms with E-state index in [9.17, 15) is 5.11 Å². The van der Waals surface area contributed by atoms with Crippen molar-refractivity contribution in [3.05, 3.63) is 35.9 Å². The first kappa shape index (κ1) is 11.5. The summed E-state index contributed by atoms with van der Waals surface area (Å²) < 4.78 is 10.5. The number of aliphatic hydroxyl groups is 2. The van der Waals surface area contributed by atoms with Gasteiger partial charge in [-0.15, -0.1) is 0 Å². The summed E-state index contributed by atoms with van der Waals surface area (Å²) in [6, 6.07) is 9.79. The van der Waals surface area contributed by atoms with Crippen molar-refractivity contribution in [2.75, 3.05) is 6.61 Å². The van der Waals surface area contributed by atoms with Gasteiger partial charge >= 0.3 is 0 Å². The lowest BCUT2D eigenvalue weighted by molar-refractivity contribution is -0.117. The molecule has 4 heteroatoms. The summed E-state index contributed by atoms with van der Waals surface area (Å²) in [5.41, 5.74) is 1.08. The summed E-state index contributed by atoms with van der Waals surface area (Å²) in [6.07, 6.45) is -1.65. The second-order valence-corrected chi connectivity index (χ2v) is 3.93. The molecular formula is C12H16O4. The van der Waals surface area contributed by atoms with E-state index in [1.165, 1.54) is 0 Å². The Kier molecular flexibility index (Phi) is 3.90. The number of benzene rings is 1. The van der Waals surface area contributed by atoms with Crippen LogP contribution in [0.4, 0.5) is 0 Å². The number of rotatable bonds is 4. The normalized spacial score (nSPS) is 29.5. The van der Waals surface area contributed by atoms with Crippen LogP contribution < -0.4 is 0 Å². The summed E-state index contributed by atoms with van der Waals surface area (Å²) in [7, 11) is 0. The Hall–Kier alpha value is -0.940. The van der Waals surface area contributed by atoms with E-state index in [4.69, 9.17) is 14.6 Å². The van der Waals surface area contributed by atoms with Crippen molar-refractivity contribution in [2.24, 2.45) is 0 Å². The molecule has 1 aliphatic heterocycles. The van der Waals surface area contributed by atoms with Crippen molar-refractivity contribution in [3.63, 3.8) is 0 Å². The molecule has 1 saturated heterocycles. The van der Waals surface area contributed by atoms with Crippen LogP contribution in [0.25, 0.3) is 0 Å². The van der Waals surface area contributed by atoms with Gasteiger partial charge in [0.1, 0.15) is 6.10 Å². The molecule has 1 fully saturated rings. The first-order valence-electron chi connectivity index (χ1n) is 5.39. The van der Waals surface area contributed by atoms with Gasteiger partial charge in [0.2, 0.25) is 0 Å². The van der Waals surface area contributed by atoms with Crippen molar-refractivity contribution in [1.29, 1.82) is 0 Å². The van der Waals surface area contributed by atoms with Crippen molar-refractivity contribution in [3.8, 4) is 0 Å². The highest BCUT2D eigenvalue weighted by atomic mass is 16.6. The summed E-state index contributed by atoms with van der Waals surface area (Å²) in [4.78, 5) is 0. The average Bonchev–Trinajstić information content (AvgIpc) is 2.59. The van der Waals surface area contributed by atoms with Gasteiger partial charge in [0.25, 0.3) is 0 Å². The predicted octanol–water partition coefficient (Wildman–Crippen LogP) is 0.671. The highest BCUT2D eigenvalue weighted by Crippen LogP contribution is 2.19. The molecule has 0 bridgehead atoms. The molecule has 1 aliphatic rings. The molecular weight excluding hydrogens is 208 g/mol. The van der Waals surface area contributed by atoms with E-state index in [2.05, 4.69) is 0 Å². The Morgan fingerprint density at radius 3 is 2.62 bits per heavy atom. The zero-order chi connectivity index (χ0) is 11.4. The molecule has 2 N–H and O–H groups in total. The largest absolute Gasteiger partial charge is 0.390 e. The Morgan fingerprint density at radius 2 is 2.00 bits per heavy atom. The molecule has 2 rings (SSSR count). The molecule has 0 aliphatic carbocycles. The molecule has 4 nitrogen and oxygen atoms in total. The fourth-order valence-electron chi connectivity index (χ4n) is 1.72. The topological polar surface area (TPSA) is 58.9 Å². The average molecular weight is 224 g/mol. The third-order valence-corrected chi connectivity index (χ3v) is 2.60. The van der Waals surface area contributed by atoms with E-state index >= 15 is 0 Å². The quantitative estimate of drug-likeness (QED) is 0.789. The summed E-state index contributed by atoms with van der Waals surface area (Å²) in [5.74, 6) is 0. The number of hydrogen-bond donors (Lipinski definition) is 2. The highest BCUT2D eigenvalue weighted by molar-refractivity contribution is 5.13. The zero-order valence-electron chi connectivity index (χ0n) is 8.95. The van der Waals surface area contributed by atoms with Crippen LogP contribution in [0.3, 0.4) is 0 Å². The van der Waals surface area contributed by atoms with Gasteiger partial charge in [0.15, 0.2) is 6.29 Å².